The van der Waals surface area contributed by atoms with E-state index in [-0.39, 0.29) is 46.5 Å². The van der Waals surface area contributed by atoms with Gasteiger partial charge >= 0.3 is 5.97 Å². The molecule has 0 fully saturated rings. The summed E-state index contributed by atoms with van der Waals surface area (Å²) in [6.45, 7) is 7.61. The number of carbonyl (C=O) groups is 1. The number of aliphatic hydroxyl groups is 1. The minimum atomic E-state index is -1.21. The van der Waals surface area contributed by atoms with E-state index in [1.165, 1.54) is 6.07 Å². The van der Waals surface area contributed by atoms with Gasteiger partial charge in [0.1, 0.15) is 63.9 Å². The minimum Gasteiger partial charge on any atom is -0.508 e. The summed E-state index contributed by atoms with van der Waals surface area (Å²) >= 11 is 0. The quantitative estimate of drug-likeness (QED) is 0.0867. The van der Waals surface area contributed by atoms with Crippen molar-refractivity contribution in [2.24, 2.45) is 5.92 Å². The smallest absolute Gasteiger partial charge is 0.333 e. The Kier molecular flexibility index (Phi) is 9.93. The summed E-state index contributed by atoms with van der Waals surface area (Å²) in [5.74, 6) is -0.367. The monoisotopic (exact) mass is 772 g/mol. The van der Waals surface area contributed by atoms with E-state index < -0.39 is 35.6 Å². The van der Waals surface area contributed by atoms with Gasteiger partial charge in [0.25, 0.3) is 0 Å². The third kappa shape index (κ3) is 6.65. The molecule has 0 saturated heterocycles. The molecule has 5 heterocycles. The van der Waals surface area contributed by atoms with E-state index in [0.717, 1.165) is 40.2 Å². The number of nitrogens with two attached hydrogens (primary N) is 1. The molecule has 5 atom stereocenters. The van der Waals surface area contributed by atoms with Gasteiger partial charge in [0, 0.05) is 65.5 Å². The number of phenolic OH excluding ortho intramolecular Hbond substituents is 2. The van der Waals surface area contributed by atoms with Gasteiger partial charge in [-0.1, -0.05) is 18.2 Å². The number of nitrogens with zero attached hydrogens (tertiary/aromatic N) is 2. The molecule has 6 N–H and O–H groups in total. The fraction of sp³-hybridized carbons (Fsp3) is 0.378. The maximum absolute atomic E-state index is 14.0. The van der Waals surface area contributed by atoms with Crippen LogP contribution in [0.2, 0.25) is 0 Å². The number of fused-ring (bicyclic) bond motifs is 5. The van der Waals surface area contributed by atoms with Gasteiger partial charge in [-0.25, -0.2) is 14.8 Å². The highest BCUT2D eigenvalue weighted by Gasteiger charge is 2.53. The number of benzene rings is 2. The number of phenols is 2. The fourth-order valence-electron chi connectivity index (χ4n) is 9.27. The summed E-state index contributed by atoms with van der Waals surface area (Å²) in [6.07, 6.45) is 7.08. The molecule has 5 aromatic rings. The third-order valence-electron chi connectivity index (χ3n) is 12.4. The molecule has 0 spiro atoms. The predicted molar refractivity (Wildman–Crippen MR) is 216 cm³/mol. The number of nitrogens with one attached hydrogen (secondary N) is 1. The van der Waals surface area contributed by atoms with Crippen molar-refractivity contribution in [2.75, 3.05) is 17.6 Å². The van der Waals surface area contributed by atoms with Crippen molar-refractivity contribution < 1.29 is 34.0 Å². The van der Waals surface area contributed by atoms with Crippen LogP contribution < -0.4 is 21.2 Å². The lowest BCUT2D eigenvalue weighted by molar-refractivity contribution is -0.165. The Morgan fingerprint density at radius 1 is 1.11 bits per heavy atom. The number of pyridine rings is 2. The standard InChI is InChI=1S/C45H48N4O8/c1-5-23(3)44(54)56-35-20-33-40(53)39-34(52)19-30(22-50)55-42(39)38-32-18-27-17-29(51)11-10-25(27)8-9-26(37-31(32)13-14-48-43(37)46)16-28(45(35,4)57-41(33)38)15-24-7-12-36(47-6-2)49-21-24/h5,7,10-14,17,19,21,26,28,32,35,50-51,53H,6,8-9,15-16,18,20,22H2,1-4H3,(H2,46,48)(H,47,49)/b23-5-/t26-,28+,32+,35-,45+/m1/s1. The van der Waals surface area contributed by atoms with Crippen molar-refractivity contribution >= 4 is 28.6 Å². The van der Waals surface area contributed by atoms with Crippen LogP contribution in [0.25, 0.3) is 11.0 Å². The van der Waals surface area contributed by atoms with Gasteiger partial charge in [-0.05, 0) is 112 Å². The number of allylic oxidation sites excluding steroid dienone is 1. The topological polar surface area (TPSA) is 190 Å². The molecule has 57 heavy (non-hydrogen) atoms. The Hall–Kier alpha value is -5.88. The van der Waals surface area contributed by atoms with Crippen LogP contribution >= 0.6 is 0 Å². The van der Waals surface area contributed by atoms with Crippen molar-refractivity contribution in [3.05, 3.63) is 121 Å². The molecule has 8 rings (SSSR count). The largest absolute Gasteiger partial charge is 0.508 e. The average Bonchev–Trinajstić information content (AvgIpc) is 3.25. The van der Waals surface area contributed by atoms with E-state index in [9.17, 15) is 24.9 Å². The van der Waals surface area contributed by atoms with Gasteiger partial charge in [-0.15, -0.1) is 0 Å². The Balaban J connectivity index is 1.48. The average molecular weight is 773 g/mol. The van der Waals surface area contributed by atoms with E-state index >= 15 is 0 Å². The first-order valence-corrected chi connectivity index (χ1v) is 19.7. The molecule has 2 aromatic carbocycles. The Labute approximate surface area is 330 Å². The summed E-state index contributed by atoms with van der Waals surface area (Å²) in [7, 11) is 0. The molecule has 12 heteroatoms. The van der Waals surface area contributed by atoms with Gasteiger partial charge in [-0.2, -0.15) is 0 Å². The molecule has 0 saturated carbocycles. The minimum absolute atomic E-state index is 0.0206. The first-order chi connectivity index (χ1) is 27.4. The second-order valence-electron chi connectivity index (χ2n) is 15.7. The molecular formula is C45H48N4O8. The maximum atomic E-state index is 14.0. The first-order valence-electron chi connectivity index (χ1n) is 19.7. The van der Waals surface area contributed by atoms with Crippen LogP contribution in [0.3, 0.4) is 0 Å². The summed E-state index contributed by atoms with van der Waals surface area (Å²) in [5, 5.41) is 36.4. The lowest BCUT2D eigenvalue weighted by Gasteiger charge is -2.49. The third-order valence-corrected chi connectivity index (χ3v) is 12.4. The zero-order chi connectivity index (χ0) is 40.2. The van der Waals surface area contributed by atoms with Crippen molar-refractivity contribution in [3.63, 3.8) is 0 Å². The van der Waals surface area contributed by atoms with E-state index in [0.29, 0.717) is 60.4 Å². The molecule has 296 valence electrons. The number of nitrogen functional groups attached to an aromatic ring is 1. The molecule has 0 amide bonds. The van der Waals surface area contributed by atoms with Gasteiger partial charge in [0.15, 0.2) is 5.43 Å². The number of aromatic nitrogens is 2. The SMILES string of the molecule is C/C=C(/C)C(=O)O[C@@H]1Cc2c3c(c4oc(CO)cc(=O)c4c2O)[C@H]2Cc4cc(O)ccc4CC[C@H](C[C@H](Cc4ccc(NCC)nc4)[C@]1(C)O3)c1c2ccnc1N. The zero-order valence-corrected chi connectivity index (χ0v) is 32.6. The van der Waals surface area contributed by atoms with Crippen LogP contribution in [-0.4, -0.2) is 49.5 Å². The summed E-state index contributed by atoms with van der Waals surface area (Å²) in [4.78, 5) is 37.0. The molecule has 0 radical (unpaired) electrons. The number of hydrogen-bond acceptors (Lipinski definition) is 12. The molecule has 3 aromatic heterocycles. The Bertz CT molecular complexity index is 2480. The molecule has 0 unspecified atom stereocenters. The van der Waals surface area contributed by atoms with E-state index in [4.69, 9.17) is 19.6 Å². The van der Waals surface area contributed by atoms with Crippen LogP contribution in [0, 0.1) is 5.92 Å². The van der Waals surface area contributed by atoms with E-state index in [2.05, 4.69) is 15.3 Å². The highest BCUT2D eigenvalue weighted by Crippen LogP contribution is 2.56. The molecule has 4 bridgehead atoms. The zero-order valence-electron chi connectivity index (χ0n) is 32.6. The summed E-state index contributed by atoms with van der Waals surface area (Å²) in [6, 6.07) is 12.5. The number of rotatable bonds is 7. The van der Waals surface area contributed by atoms with Crippen LogP contribution in [0.5, 0.6) is 17.2 Å². The van der Waals surface area contributed by atoms with Gasteiger partial charge in [0.2, 0.25) is 0 Å². The molecule has 1 aliphatic carbocycles. The second kappa shape index (κ2) is 14.9. The number of hydrogen-bond donors (Lipinski definition) is 5. The lowest BCUT2D eigenvalue weighted by Crippen LogP contribution is -2.57. The Morgan fingerprint density at radius 2 is 1.93 bits per heavy atom. The number of aliphatic hydroxyl groups excluding tert-OH is 1. The number of anilines is 2. The lowest BCUT2D eigenvalue weighted by atomic mass is 9.68. The molecule has 2 aliphatic heterocycles. The fourth-order valence-corrected chi connectivity index (χ4v) is 9.27. The van der Waals surface area contributed by atoms with Crippen molar-refractivity contribution in [3.8, 4) is 17.2 Å². The van der Waals surface area contributed by atoms with Crippen LogP contribution in [0.15, 0.2) is 75.7 Å². The molecule has 3 aliphatic rings. The number of aryl methyl sites for hydroxylation is 1. The summed E-state index contributed by atoms with van der Waals surface area (Å²) < 4.78 is 20.2. The number of aromatic hydroxyl groups is 2. The summed E-state index contributed by atoms with van der Waals surface area (Å²) in [5.41, 5.74) is 11.1. The van der Waals surface area contributed by atoms with E-state index in [1.54, 1.807) is 38.3 Å². The van der Waals surface area contributed by atoms with Crippen molar-refractivity contribution in [2.45, 2.75) is 96.4 Å². The second-order valence-corrected chi connectivity index (χ2v) is 15.7. The van der Waals surface area contributed by atoms with Crippen molar-refractivity contribution in [1.29, 1.82) is 0 Å². The number of carbonyl (C=O) groups excluding carboxylic acids is 1. The van der Waals surface area contributed by atoms with Gasteiger partial charge in [-0.3, -0.25) is 4.79 Å². The normalized spacial score (nSPS) is 22.6. The molecule has 12 nitrogen and oxygen atoms in total. The van der Waals surface area contributed by atoms with Gasteiger partial charge < -0.3 is 40.3 Å². The van der Waals surface area contributed by atoms with Crippen LogP contribution in [0.1, 0.15) is 97.1 Å². The van der Waals surface area contributed by atoms with Gasteiger partial charge in [0.05, 0.1) is 0 Å². The highest BCUT2D eigenvalue weighted by atomic mass is 16.6. The first kappa shape index (κ1) is 38.0. The van der Waals surface area contributed by atoms with Crippen LogP contribution in [-0.2, 0) is 41.8 Å². The Morgan fingerprint density at radius 3 is 2.67 bits per heavy atom. The number of ether oxygens (including phenoxy) is 2. The van der Waals surface area contributed by atoms with Crippen molar-refractivity contribution in [1.82, 2.24) is 9.97 Å². The van der Waals surface area contributed by atoms with Crippen LogP contribution in [0.4, 0.5) is 11.6 Å². The van der Waals surface area contributed by atoms with E-state index in [1.807, 2.05) is 44.3 Å². The maximum Gasteiger partial charge on any atom is 0.333 e. The highest BCUT2D eigenvalue weighted by molar-refractivity contribution is 5.92. The molecular weight excluding hydrogens is 725 g/mol. The predicted octanol–water partition coefficient (Wildman–Crippen LogP) is 6.74. The number of esters is 1.